The van der Waals surface area contributed by atoms with Crippen molar-refractivity contribution in [2.45, 2.75) is 13.3 Å². The Morgan fingerprint density at radius 3 is 2.71 bits per heavy atom. The lowest BCUT2D eigenvalue weighted by Gasteiger charge is -2.33. The summed E-state index contributed by atoms with van der Waals surface area (Å²) in [5.74, 6) is 0.326. The van der Waals surface area contributed by atoms with Crippen molar-refractivity contribution in [3.05, 3.63) is 42.2 Å². The average Bonchev–Trinajstić information content (AvgIpc) is 3.18. The number of nitrogens with zero attached hydrogens (tertiary/aromatic N) is 4. The lowest BCUT2D eigenvalue weighted by molar-refractivity contribution is 0.0381. The number of anilines is 3. The van der Waals surface area contributed by atoms with Crippen molar-refractivity contribution in [2.24, 2.45) is 0 Å². The van der Waals surface area contributed by atoms with Crippen molar-refractivity contribution >= 4 is 38.3 Å². The van der Waals surface area contributed by atoms with Crippen LogP contribution >= 0.6 is 11.3 Å². The fourth-order valence-corrected chi connectivity index (χ4v) is 4.30. The van der Waals surface area contributed by atoms with E-state index in [-0.39, 0.29) is 5.82 Å². The number of ether oxygens (including phenoxy) is 1. The smallest absolute Gasteiger partial charge is 0.206 e. The molecular weight excluding hydrogens is 419 g/mol. The number of benzene rings is 1. The van der Waals surface area contributed by atoms with Crippen molar-refractivity contribution in [1.29, 1.82) is 0 Å². The molecule has 0 aliphatic carbocycles. The van der Waals surface area contributed by atoms with Gasteiger partial charge in [-0.05, 0) is 43.3 Å². The molecule has 3 aromatic rings. The van der Waals surface area contributed by atoms with Crippen molar-refractivity contribution in [2.75, 3.05) is 61.5 Å². The van der Waals surface area contributed by atoms with E-state index in [1.165, 1.54) is 23.5 Å². The summed E-state index contributed by atoms with van der Waals surface area (Å²) < 4.78 is 18.7. The highest BCUT2D eigenvalue weighted by atomic mass is 32.1. The normalized spacial score (nSPS) is 15.7. The van der Waals surface area contributed by atoms with Gasteiger partial charge in [-0.15, -0.1) is 0 Å². The van der Waals surface area contributed by atoms with E-state index in [0.29, 0.717) is 31.3 Å². The molecule has 3 N–H and O–H groups in total. The van der Waals surface area contributed by atoms with E-state index in [2.05, 4.69) is 20.5 Å². The van der Waals surface area contributed by atoms with Gasteiger partial charge in [-0.25, -0.2) is 14.4 Å². The third-order valence-electron chi connectivity index (χ3n) is 5.06. The highest BCUT2D eigenvalue weighted by Gasteiger charge is 2.21. The Labute approximate surface area is 184 Å². The van der Waals surface area contributed by atoms with Crippen LogP contribution in [0.1, 0.15) is 6.92 Å². The van der Waals surface area contributed by atoms with E-state index in [1.54, 1.807) is 12.1 Å². The standard InChI is InChI=1S/C21H27FN6O2S/c1-2-23-20-25-17-7-8-18(26-19(17)31-20)28(10-9-27-11-13-30-14-12-27)21(29)24-16-5-3-15(22)4-6-16/h3-8,21,24,29H,2,9-14H2,1H3,(H,23,25). The van der Waals surface area contributed by atoms with Crippen LogP contribution in [0.4, 0.5) is 21.0 Å². The zero-order chi connectivity index (χ0) is 21.6. The first kappa shape index (κ1) is 21.7. The van der Waals surface area contributed by atoms with Gasteiger partial charge in [0.15, 0.2) is 5.13 Å². The molecule has 4 rings (SSSR count). The topological polar surface area (TPSA) is 85.8 Å². The first-order chi connectivity index (χ1) is 15.1. The summed E-state index contributed by atoms with van der Waals surface area (Å²) in [6.07, 6.45) is -1.03. The van der Waals surface area contributed by atoms with Crippen LogP contribution in [0.25, 0.3) is 10.3 Å². The van der Waals surface area contributed by atoms with Gasteiger partial charge in [0.25, 0.3) is 0 Å². The van der Waals surface area contributed by atoms with Crippen molar-refractivity contribution in [3.8, 4) is 0 Å². The molecule has 0 spiro atoms. The second kappa shape index (κ2) is 10.2. The third kappa shape index (κ3) is 5.59. The predicted molar refractivity (Wildman–Crippen MR) is 122 cm³/mol. The number of rotatable bonds is 9. The number of pyridine rings is 1. The number of hydrogen-bond donors (Lipinski definition) is 3. The lowest BCUT2D eigenvalue weighted by atomic mass is 10.3. The van der Waals surface area contributed by atoms with Crippen LogP contribution in [0.3, 0.4) is 0 Å². The minimum Gasteiger partial charge on any atom is -0.379 e. The molecule has 0 amide bonds. The Hall–Kier alpha value is -2.53. The predicted octanol–water partition coefficient (Wildman–Crippen LogP) is 2.79. The molecule has 3 heterocycles. The van der Waals surface area contributed by atoms with Crippen molar-refractivity contribution < 1.29 is 14.2 Å². The van der Waals surface area contributed by atoms with Crippen LogP contribution in [-0.2, 0) is 4.74 Å². The highest BCUT2D eigenvalue weighted by Crippen LogP contribution is 2.27. The van der Waals surface area contributed by atoms with Gasteiger partial charge in [-0.1, -0.05) is 11.3 Å². The minimum atomic E-state index is -1.03. The summed E-state index contributed by atoms with van der Waals surface area (Å²) in [6, 6.07) is 9.70. The summed E-state index contributed by atoms with van der Waals surface area (Å²) in [7, 11) is 0. The molecule has 8 nitrogen and oxygen atoms in total. The molecule has 166 valence electrons. The first-order valence-electron chi connectivity index (χ1n) is 10.4. The summed E-state index contributed by atoms with van der Waals surface area (Å²) in [5, 5.41) is 18.1. The second-order valence-corrected chi connectivity index (χ2v) is 8.19. The Balaban J connectivity index is 1.55. The minimum absolute atomic E-state index is 0.321. The fraction of sp³-hybridized carbons (Fsp3) is 0.429. The van der Waals surface area contributed by atoms with Gasteiger partial charge < -0.3 is 25.4 Å². The third-order valence-corrected chi connectivity index (χ3v) is 5.98. The van der Waals surface area contributed by atoms with Crippen LogP contribution in [0.15, 0.2) is 36.4 Å². The molecule has 1 aliphatic heterocycles. The van der Waals surface area contributed by atoms with Crippen molar-refractivity contribution in [1.82, 2.24) is 14.9 Å². The molecule has 1 aromatic carbocycles. The Bertz CT molecular complexity index is 980. The fourth-order valence-electron chi connectivity index (χ4n) is 3.40. The van der Waals surface area contributed by atoms with Gasteiger partial charge >= 0.3 is 0 Å². The summed E-state index contributed by atoms with van der Waals surface area (Å²) in [5.41, 5.74) is 1.44. The van der Waals surface area contributed by atoms with Gasteiger partial charge in [0.05, 0.1) is 13.2 Å². The molecule has 1 aliphatic rings. The molecular formula is C21H27FN6O2S. The molecule has 31 heavy (non-hydrogen) atoms. The zero-order valence-corrected chi connectivity index (χ0v) is 18.2. The SMILES string of the molecule is CCNc1nc2ccc(N(CCN3CCOCC3)C(O)Nc3ccc(F)cc3)nc2s1. The highest BCUT2D eigenvalue weighted by molar-refractivity contribution is 7.21. The number of aromatic nitrogens is 2. The van der Waals surface area contributed by atoms with Crippen LogP contribution in [0, 0.1) is 5.82 Å². The quantitative estimate of drug-likeness (QED) is 0.433. The zero-order valence-electron chi connectivity index (χ0n) is 17.4. The van der Waals surface area contributed by atoms with E-state index >= 15 is 0 Å². The molecule has 1 saturated heterocycles. The van der Waals surface area contributed by atoms with Crippen LogP contribution < -0.4 is 15.5 Å². The number of aliphatic hydroxyl groups excluding tert-OH is 1. The number of nitrogens with one attached hydrogen (secondary N) is 2. The number of thiazole rings is 1. The number of morpholine rings is 1. The number of hydrogen-bond acceptors (Lipinski definition) is 9. The van der Waals surface area contributed by atoms with Crippen molar-refractivity contribution in [3.63, 3.8) is 0 Å². The Kier molecular flexibility index (Phi) is 7.13. The maximum atomic E-state index is 13.2. The van der Waals surface area contributed by atoms with Crippen LogP contribution in [-0.4, -0.2) is 72.3 Å². The lowest BCUT2D eigenvalue weighted by Crippen LogP contribution is -2.47. The Morgan fingerprint density at radius 2 is 1.97 bits per heavy atom. The summed E-state index contributed by atoms with van der Waals surface area (Å²) >= 11 is 1.49. The van der Waals surface area contributed by atoms with Gasteiger partial charge in [0.1, 0.15) is 22.0 Å². The number of aliphatic hydroxyl groups is 1. The maximum absolute atomic E-state index is 13.2. The molecule has 2 aromatic heterocycles. The molecule has 1 fully saturated rings. The summed E-state index contributed by atoms with van der Waals surface area (Å²) in [4.78, 5) is 14.2. The van der Waals surface area contributed by atoms with E-state index in [9.17, 15) is 9.50 Å². The molecule has 0 radical (unpaired) electrons. The van der Waals surface area contributed by atoms with Gasteiger partial charge in [0.2, 0.25) is 6.35 Å². The molecule has 1 unspecified atom stereocenters. The van der Waals surface area contributed by atoms with E-state index in [1.807, 2.05) is 24.0 Å². The number of fused-ring (bicyclic) bond motifs is 1. The summed E-state index contributed by atoms with van der Waals surface area (Å²) in [6.45, 7) is 7.30. The first-order valence-corrected chi connectivity index (χ1v) is 11.2. The van der Waals surface area contributed by atoms with Crippen LogP contribution in [0.2, 0.25) is 0 Å². The van der Waals surface area contributed by atoms with Gasteiger partial charge in [-0.2, -0.15) is 0 Å². The van der Waals surface area contributed by atoms with Crippen LogP contribution in [0.5, 0.6) is 0 Å². The molecule has 0 saturated carbocycles. The monoisotopic (exact) mass is 446 g/mol. The molecule has 10 heteroatoms. The number of halogens is 1. The second-order valence-electron chi connectivity index (χ2n) is 7.22. The largest absolute Gasteiger partial charge is 0.379 e. The molecule has 1 atom stereocenters. The maximum Gasteiger partial charge on any atom is 0.206 e. The van der Waals surface area contributed by atoms with E-state index in [0.717, 1.165) is 41.7 Å². The van der Waals surface area contributed by atoms with Gasteiger partial charge in [-0.3, -0.25) is 4.90 Å². The average molecular weight is 447 g/mol. The Morgan fingerprint density at radius 1 is 1.19 bits per heavy atom. The van der Waals surface area contributed by atoms with Gasteiger partial charge in [0, 0.05) is 38.4 Å². The molecule has 0 bridgehead atoms. The van der Waals surface area contributed by atoms with E-state index in [4.69, 9.17) is 9.72 Å². The van der Waals surface area contributed by atoms with E-state index < -0.39 is 6.35 Å².